The summed E-state index contributed by atoms with van der Waals surface area (Å²) in [6, 6.07) is 8.70. The topological polar surface area (TPSA) is 72.6 Å². The molecule has 2 aromatic carbocycles. The zero-order valence-electron chi connectivity index (χ0n) is 15.9. The maximum absolute atomic E-state index is 11.0. The highest BCUT2D eigenvalue weighted by Crippen LogP contribution is 2.46. The highest BCUT2D eigenvalue weighted by molar-refractivity contribution is 5.71. The second kappa shape index (κ2) is 7.02. The molecular formula is C22H27NO3. The summed E-state index contributed by atoms with van der Waals surface area (Å²) in [5.41, 5.74) is 13.7. The number of aliphatic carboxylic acids is 1. The summed E-state index contributed by atoms with van der Waals surface area (Å²) in [4.78, 5) is 11.0. The molecule has 0 saturated carbocycles. The second-order valence-corrected chi connectivity index (χ2v) is 7.46. The molecule has 0 aromatic heterocycles. The predicted molar refractivity (Wildman–Crippen MR) is 104 cm³/mol. The van der Waals surface area contributed by atoms with Crippen molar-refractivity contribution < 1.29 is 14.6 Å². The summed E-state index contributed by atoms with van der Waals surface area (Å²) in [7, 11) is 0. The molecule has 138 valence electrons. The van der Waals surface area contributed by atoms with Crippen LogP contribution in [0.4, 0.5) is 5.69 Å². The van der Waals surface area contributed by atoms with Gasteiger partial charge in [-0.2, -0.15) is 0 Å². The third-order valence-electron chi connectivity index (χ3n) is 5.52. The van der Waals surface area contributed by atoms with Crippen molar-refractivity contribution in [3.05, 3.63) is 57.6 Å². The van der Waals surface area contributed by atoms with E-state index in [9.17, 15) is 4.79 Å². The minimum Gasteiger partial charge on any atom is -0.492 e. The highest BCUT2D eigenvalue weighted by Gasteiger charge is 2.32. The lowest BCUT2D eigenvalue weighted by atomic mass is 9.85. The minimum absolute atomic E-state index is 0.0763. The van der Waals surface area contributed by atoms with E-state index in [0.717, 1.165) is 33.7 Å². The van der Waals surface area contributed by atoms with Gasteiger partial charge in [0, 0.05) is 23.6 Å². The largest absolute Gasteiger partial charge is 0.492 e. The number of ether oxygens (including phenoxy) is 1. The smallest absolute Gasteiger partial charge is 0.303 e. The molecular weight excluding hydrogens is 326 g/mol. The number of fused-ring (bicyclic) bond motifs is 1. The summed E-state index contributed by atoms with van der Waals surface area (Å²) in [5, 5.41) is 9.07. The first-order valence-electron chi connectivity index (χ1n) is 9.17. The average Bonchev–Trinajstić information content (AvgIpc) is 3.04. The van der Waals surface area contributed by atoms with Crippen molar-refractivity contribution in [2.45, 2.75) is 52.4 Å². The zero-order chi connectivity index (χ0) is 19.0. The predicted octanol–water partition coefficient (Wildman–Crippen LogP) is 4.55. The van der Waals surface area contributed by atoms with E-state index >= 15 is 0 Å². The number of rotatable bonds is 5. The summed E-state index contributed by atoms with van der Waals surface area (Å²) in [6.45, 7) is 8.93. The van der Waals surface area contributed by atoms with Crippen LogP contribution in [0.15, 0.2) is 24.3 Å². The van der Waals surface area contributed by atoms with Gasteiger partial charge in [-0.05, 0) is 54.0 Å². The Kier molecular flexibility index (Phi) is 4.94. The van der Waals surface area contributed by atoms with Crippen molar-refractivity contribution in [2.24, 2.45) is 0 Å². The molecule has 1 unspecified atom stereocenters. The lowest BCUT2D eigenvalue weighted by Crippen LogP contribution is -2.07. The van der Waals surface area contributed by atoms with E-state index in [2.05, 4.69) is 38.1 Å². The highest BCUT2D eigenvalue weighted by atomic mass is 16.5. The quantitative estimate of drug-likeness (QED) is 0.774. The van der Waals surface area contributed by atoms with Gasteiger partial charge in [-0.15, -0.1) is 0 Å². The van der Waals surface area contributed by atoms with E-state index < -0.39 is 5.97 Å². The molecule has 0 amide bonds. The number of carboxylic acids is 1. The van der Waals surface area contributed by atoms with Crippen molar-refractivity contribution in [2.75, 3.05) is 12.3 Å². The summed E-state index contributed by atoms with van der Waals surface area (Å²) in [6.07, 6.45) is 0.514. The van der Waals surface area contributed by atoms with Gasteiger partial charge in [0.1, 0.15) is 5.75 Å². The Hall–Kier alpha value is -2.49. The van der Waals surface area contributed by atoms with Crippen LogP contribution in [-0.2, 0) is 11.2 Å². The molecule has 0 bridgehead atoms. The molecule has 3 rings (SSSR count). The van der Waals surface area contributed by atoms with Crippen LogP contribution >= 0.6 is 0 Å². The van der Waals surface area contributed by atoms with E-state index in [0.29, 0.717) is 18.9 Å². The van der Waals surface area contributed by atoms with E-state index in [1.807, 2.05) is 13.8 Å². The number of hydrogen-bond acceptors (Lipinski definition) is 3. The van der Waals surface area contributed by atoms with Gasteiger partial charge in [0.25, 0.3) is 0 Å². The number of carbonyl (C=O) groups is 1. The summed E-state index contributed by atoms with van der Waals surface area (Å²) >= 11 is 0. The molecule has 0 saturated heterocycles. The summed E-state index contributed by atoms with van der Waals surface area (Å²) in [5.74, 6) is 0.668. The average molecular weight is 353 g/mol. The van der Waals surface area contributed by atoms with Crippen LogP contribution in [-0.4, -0.2) is 17.7 Å². The standard InChI is InChI=1S/C22H27NO3/c1-12(2)15-5-7-16(8-6-15)18-11-26-22-17(9-10-19(24)25)13(3)21(23)14(4)20(18)22/h5-8,12,18H,9-11,23H2,1-4H3,(H,24,25). The number of carboxylic acid groups (broad SMARTS) is 1. The number of anilines is 1. The van der Waals surface area contributed by atoms with Crippen LogP contribution < -0.4 is 10.5 Å². The fraction of sp³-hybridized carbons (Fsp3) is 0.409. The first kappa shape index (κ1) is 18.3. The number of nitrogen functional groups attached to an aromatic ring is 1. The van der Waals surface area contributed by atoms with Crippen LogP contribution in [0.1, 0.15) is 65.5 Å². The van der Waals surface area contributed by atoms with Gasteiger partial charge >= 0.3 is 5.97 Å². The van der Waals surface area contributed by atoms with Crippen molar-refractivity contribution in [3.63, 3.8) is 0 Å². The Bertz CT molecular complexity index is 838. The number of hydrogen-bond donors (Lipinski definition) is 2. The van der Waals surface area contributed by atoms with E-state index in [4.69, 9.17) is 15.6 Å². The Balaban J connectivity index is 2.05. The third kappa shape index (κ3) is 3.16. The Morgan fingerprint density at radius 3 is 2.46 bits per heavy atom. The zero-order valence-corrected chi connectivity index (χ0v) is 15.9. The van der Waals surface area contributed by atoms with E-state index in [1.165, 1.54) is 11.1 Å². The molecule has 3 N–H and O–H groups in total. The van der Waals surface area contributed by atoms with Crippen LogP contribution in [0.5, 0.6) is 5.75 Å². The molecule has 0 spiro atoms. The molecule has 1 atom stereocenters. The molecule has 0 radical (unpaired) electrons. The van der Waals surface area contributed by atoms with E-state index in [1.54, 1.807) is 0 Å². The van der Waals surface area contributed by atoms with Gasteiger partial charge in [0.15, 0.2) is 0 Å². The molecule has 1 heterocycles. The molecule has 0 fully saturated rings. The Morgan fingerprint density at radius 1 is 1.23 bits per heavy atom. The van der Waals surface area contributed by atoms with Crippen molar-refractivity contribution in [1.29, 1.82) is 0 Å². The van der Waals surface area contributed by atoms with Gasteiger partial charge in [0.2, 0.25) is 0 Å². The van der Waals surface area contributed by atoms with E-state index in [-0.39, 0.29) is 12.3 Å². The van der Waals surface area contributed by atoms with Crippen LogP contribution in [0.25, 0.3) is 0 Å². The SMILES string of the molecule is Cc1c(N)c(C)c2c(c1CCC(=O)O)OCC2c1ccc(C(C)C)cc1. The number of nitrogens with two attached hydrogens (primary N) is 1. The molecule has 1 aliphatic heterocycles. The number of benzene rings is 2. The lowest BCUT2D eigenvalue weighted by Gasteiger charge is -2.19. The molecule has 4 heteroatoms. The van der Waals surface area contributed by atoms with Gasteiger partial charge in [-0.25, -0.2) is 0 Å². The summed E-state index contributed by atoms with van der Waals surface area (Å²) < 4.78 is 6.07. The second-order valence-electron chi connectivity index (χ2n) is 7.46. The van der Waals surface area contributed by atoms with Crippen molar-refractivity contribution in [3.8, 4) is 5.75 Å². The van der Waals surface area contributed by atoms with Crippen LogP contribution in [0.3, 0.4) is 0 Å². The molecule has 26 heavy (non-hydrogen) atoms. The fourth-order valence-electron chi connectivity index (χ4n) is 3.84. The third-order valence-corrected chi connectivity index (χ3v) is 5.52. The Morgan fingerprint density at radius 2 is 1.88 bits per heavy atom. The van der Waals surface area contributed by atoms with Gasteiger partial charge < -0.3 is 15.6 Å². The maximum Gasteiger partial charge on any atom is 0.303 e. The first-order chi connectivity index (χ1) is 12.3. The van der Waals surface area contributed by atoms with Crippen molar-refractivity contribution in [1.82, 2.24) is 0 Å². The van der Waals surface area contributed by atoms with Crippen molar-refractivity contribution >= 4 is 11.7 Å². The monoisotopic (exact) mass is 353 g/mol. The van der Waals surface area contributed by atoms with Crippen LogP contribution in [0, 0.1) is 13.8 Å². The minimum atomic E-state index is -0.809. The van der Waals surface area contributed by atoms with Gasteiger partial charge in [0.05, 0.1) is 6.61 Å². The first-order valence-corrected chi connectivity index (χ1v) is 9.17. The molecule has 2 aromatic rings. The molecule has 0 aliphatic carbocycles. The van der Waals surface area contributed by atoms with Crippen LogP contribution in [0.2, 0.25) is 0 Å². The molecule has 1 aliphatic rings. The lowest BCUT2D eigenvalue weighted by molar-refractivity contribution is -0.136. The Labute approximate surface area is 155 Å². The normalized spacial score (nSPS) is 15.8. The maximum atomic E-state index is 11.0. The van der Waals surface area contributed by atoms with Gasteiger partial charge in [-0.1, -0.05) is 38.1 Å². The fourth-order valence-corrected chi connectivity index (χ4v) is 3.84. The molecule has 4 nitrogen and oxygen atoms in total. The van der Waals surface area contributed by atoms with Gasteiger partial charge in [-0.3, -0.25) is 4.79 Å².